The predicted octanol–water partition coefficient (Wildman–Crippen LogP) is 2.22. The number of ether oxygens (including phenoxy) is 1. The fourth-order valence-corrected chi connectivity index (χ4v) is 3.38. The van der Waals surface area contributed by atoms with Gasteiger partial charge in [-0.1, -0.05) is 32.1 Å². The molecule has 0 radical (unpaired) electrons. The van der Waals surface area contributed by atoms with Crippen LogP contribution >= 0.6 is 0 Å². The van der Waals surface area contributed by atoms with E-state index in [-0.39, 0.29) is 12.0 Å². The van der Waals surface area contributed by atoms with Crippen LogP contribution in [-0.4, -0.2) is 46.6 Å². The van der Waals surface area contributed by atoms with Crippen LogP contribution < -0.4 is 0 Å². The molecule has 20 heavy (non-hydrogen) atoms. The quantitative estimate of drug-likeness (QED) is 0.921. The van der Waals surface area contributed by atoms with Gasteiger partial charge >= 0.3 is 0 Å². The molecule has 0 spiro atoms. The van der Waals surface area contributed by atoms with Gasteiger partial charge in [0.2, 0.25) is 0 Å². The number of carbonyl (C=O) groups excluding carboxylic acids is 1. The number of amides is 1. The molecule has 2 fully saturated rings. The van der Waals surface area contributed by atoms with Gasteiger partial charge in [-0.15, -0.1) is 0 Å². The van der Waals surface area contributed by atoms with E-state index < -0.39 is 0 Å². The van der Waals surface area contributed by atoms with Crippen molar-refractivity contribution >= 4 is 5.91 Å². The summed E-state index contributed by atoms with van der Waals surface area (Å²) < 4.78 is 5.86. The van der Waals surface area contributed by atoms with E-state index in [1.54, 1.807) is 12.5 Å². The number of aromatic amines is 1. The molecule has 1 aromatic rings. The van der Waals surface area contributed by atoms with Gasteiger partial charge in [-0.05, 0) is 12.3 Å². The number of aromatic nitrogens is 2. The maximum atomic E-state index is 12.3. The Labute approximate surface area is 119 Å². The molecule has 1 unspecified atom stereocenters. The maximum Gasteiger partial charge on any atom is 0.272 e. The third kappa shape index (κ3) is 3.20. The number of nitrogens with one attached hydrogen (secondary N) is 1. The zero-order chi connectivity index (χ0) is 13.8. The van der Waals surface area contributed by atoms with Crippen LogP contribution in [-0.2, 0) is 4.74 Å². The van der Waals surface area contributed by atoms with E-state index in [0.29, 0.717) is 25.4 Å². The second kappa shape index (κ2) is 6.39. The van der Waals surface area contributed by atoms with E-state index in [1.165, 1.54) is 32.1 Å². The van der Waals surface area contributed by atoms with Crippen LogP contribution in [0, 0.1) is 5.92 Å². The Morgan fingerprint density at radius 2 is 2.25 bits per heavy atom. The van der Waals surface area contributed by atoms with E-state index in [9.17, 15) is 4.79 Å². The molecule has 0 bridgehead atoms. The monoisotopic (exact) mass is 277 g/mol. The van der Waals surface area contributed by atoms with Gasteiger partial charge in [0.15, 0.2) is 0 Å². The van der Waals surface area contributed by atoms with Crippen molar-refractivity contribution in [2.75, 3.05) is 19.7 Å². The lowest BCUT2D eigenvalue weighted by molar-refractivity contribution is -0.0338. The number of imidazole rings is 1. The van der Waals surface area contributed by atoms with Gasteiger partial charge in [-0.25, -0.2) is 4.98 Å². The molecule has 0 aromatic carbocycles. The highest BCUT2D eigenvalue weighted by atomic mass is 16.5. The highest BCUT2D eigenvalue weighted by Crippen LogP contribution is 2.29. The second-order valence-electron chi connectivity index (χ2n) is 5.95. The van der Waals surface area contributed by atoms with Crippen LogP contribution in [0.5, 0.6) is 0 Å². The van der Waals surface area contributed by atoms with Crippen molar-refractivity contribution in [1.82, 2.24) is 14.9 Å². The molecule has 1 aliphatic heterocycles. The topological polar surface area (TPSA) is 58.2 Å². The Morgan fingerprint density at radius 3 is 3.00 bits per heavy atom. The number of H-pyrrole nitrogens is 1. The standard InChI is InChI=1S/C15H23N3O2/c19-15(14-9-16-11-17-14)18-6-7-20-13(10-18)8-12-4-2-1-3-5-12/h9,11-13H,1-8,10H2,(H,16,17). The smallest absolute Gasteiger partial charge is 0.272 e. The molecule has 1 amide bonds. The number of carbonyl (C=O) groups is 1. The first kappa shape index (κ1) is 13.6. The Morgan fingerprint density at radius 1 is 1.40 bits per heavy atom. The zero-order valence-corrected chi connectivity index (χ0v) is 11.9. The van der Waals surface area contributed by atoms with Crippen molar-refractivity contribution in [1.29, 1.82) is 0 Å². The zero-order valence-electron chi connectivity index (χ0n) is 11.9. The minimum absolute atomic E-state index is 0.0412. The molecular weight excluding hydrogens is 254 g/mol. The van der Waals surface area contributed by atoms with Crippen LogP contribution in [0.15, 0.2) is 12.5 Å². The normalized spacial score (nSPS) is 24.8. The van der Waals surface area contributed by atoms with Crippen LogP contribution in [0.3, 0.4) is 0 Å². The van der Waals surface area contributed by atoms with Crippen molar-refractivity contribution < 1.29 is 9.53 Å². The Hall–Kier alpha value is -1.36. The summed E-state index contributed by atoms with van der Waals surface area (Å²) in [6.45, 7) is 2.05. The summed E-state index contributed by atoms with van der Waals surface area (Å²) in [7, 11) is 0. The summed E-state index contributed by atoms with van der Waals surface area (Å²) in [4.78, 5) is 21.0. The molecule has 2 heterocycles. The summed E-state index contributed by atoms with van der Waals surface area (Å²) in [6.07, 6.45) is 11.2. The predicted molar refractivity (Wildman–Crippen MR) is 75.4 cm³/mol. The average molecular weight is 277 g/mol. The highest BCUT2D eigenvalue weighted by Gasteiger charge is 2.28. The highest BCUT2D eigenvalue weighted by molar-refractivity contribution is 5.92. The van der Waals surface area contributed by atoms with Gasteiger partial charge in [-0.2, -0.15) is 0 Å². The van der Waals surface area contributed by atoms with Crippen molar-refractivity contribution in [3.05, 3.63) is 18.2 Å². The number of nitrogens with zero attached hydrogens (tertiary/aromatic N) is 2. The van der Waals surface area contributed by atoms with Crippen LogP contribution in [0.4, 0.5) is 0 Å². The molecule has 1 saturated carbocycles. The average Bonchev–Trinajstić information content (AvgIpc) is 3.02. The van der Waals surface area contributed by atoms with E-state index in [4.69, 9.17) is 4.74 Å². The van der Waals surface area contributed by atoms with E-state index >= 15 is 0 Å². The molecule has 5 heteroatoms. The Bertz CT molecular complexity index is 426. The van der Waals surface area contributed by atoms with Gasteiger partial charge in [-0.3, -0.25) is 4.79 Å². The van der Waals surface area contributed by atoms with Crippen molar-refractivity contribution in [3.63, 3.8) is 0 Å². The molecule has 1 N–H and O–H groups in total. The van der Waals surface area contributed by atoms with Crippen LogP contribution in [0.2, 0.25) is 0 Å². The molecule has 2 aliphatic rings. The fraction of sp³-hybridized carbons (Fsp3) is 0.733. The fourth-order valence-electron chi connectivity index (χ4n) is 3.38. The van der Waals surface area contributed by atoms with Gasteiger partial charge in [0, 0.05) is 13.1 Å². The SMILES string of the molecule is O=C(c1cnc[nH]1)N1CCOC(CC2CCCCC2)C1. The first-order valence-electron chi connectivity index (χ1n) is 7.72. The molecule has 5 nitrogen and oxygen atoms in total. The number of hydrogen-bond acceptors (Lipinski definition) is 3. The molecule has 1 atom stereocenters. The Balaban J connectivity index is 1.54. The molecule has 110 valence electrons. The van der Waals surface area contributed by atoms with Gasteiger partial charge < -0.3 is 14.6 Å². The first-order valence-corrected chi connectivity index (χ1v) is 7.72. The maximum absolute atomic E-state index is 12.3. The van der Waals surface area contributed by atoms with Gasteiger partial charge in [0.1, 0.15) is 5.69 Å². The van der Waals surface area contributed by atoms with Gasteiger partial charge in [0.25, 0.3) is 5.91 Å². The lowest BCUT2D eigenvalue weighted by Crippen LogP contribution is -2.46. The summed E-state index contributed by atoms with van der Waals surface area (Å²) >= 11 is 0. The molecular formula is C15H23N3O2. The van der Waals surface area contributed by atoms with E-state index in [0.717, 1.165) is 12.3 Å². The lowest BCUT2D eigenvalue weighted by Gasteiger charge is -2.35. The van der Waals surface area contributed by atoms with E-state index in [1.807, 2.05) is 4.90 Å². The summed E-state index contributed by atoms with van der Waals surface area (Å²) in [5.74, 6) is 0.829. The minimum Gasteiger partial charge on any atom is -0.375 e. The Kier molecular flexibility index (Phi) is 4.35. The third-order valence-corrected chi connectivity index (χ3v) is 4.48. The third-order valence-electron chi connectivity index (χ3n) is 4.48. The number of hydrogen-bond donors (Lipinski definition) is 1. The number of rotatable bonds is 3. The molecule has 3 rings (SSSR count). The second-order valence-corrected chi connectivity index (χ2v) is 5.95. The largest absolute Gasteiger partial charge is 0.375 e. The lowest BCUT2D eigenvalue weighted by atomic mass is 9.85. The minimum atomic E-state index is 0.0412. The van der Waals surface area contributed by atoms with Crippen molar-refractivity contribution in [3.8, 4) is 0 Å². The first-order chi connectivity index (χ1) is 9.83. The van der Waals surface area contributed by atoms with Crippen LogP contribution in [0.25, 0.3) is 0 Å². The summed E-state index contributed by atoms with van der Waals surface area (Å²) in [6, 6.07) is 0. The summed E-state index contributed by atoms with van der Waals surface area (Å²) in [5.41, 5.74) is 0.573. The van der Waals surface area contributed by atoms with Crippen LogP contribution in [0.1, 0.15) is 49.0 Å². The van der Waals surface area contributed by atoms with Gasteiger partial charge in [0.05, 0.1) is 25.2 Å². The number of morpholine rings is 1. The van der Waals surface area contributed by atoms with Crippen molar-refractivity contribution in [2.45, 2.75) is 44.6 Å². The molecule has 1 saturated heterocycles. The van der Waals surface area contributed by atoms with Crippen molar-refractivity contribution in [2.24, 2.45) is 5.92 Å². The van der Waals surface area contributed by atoms with E-state index in [2.05, 4.69) is 9.97 Å². The molecule has 1 aliphatic carbocycles. The molecule has 1 aromatic heterocycles. The summed E-state index contributed by atoms with van der Waals surface area (Å²) in [5, 5.41) is 0.